The highest BCUT2D eigenvalue weighted by Crippen LogP contribution is 2.13. The van der Waals surface area contributed by atoms with E-state index < -0.39 is 6.10 Å². The molecule has 0 saturated carbocycles. The second kappa shape index (κ2) is 48.5. The Kier molecular flexibility index (Phi) is 45.1. The van der Waals surface area contributed by atoms with Crippen LogP contribution in [0.4, 0.5) is 0 Å². The van der Waals surface area contributed by atoms with Gasteiger partial charge in [-0.05, 0) is 103 Å². The highest BCUT2D eigenvalue weighted by molar-refractivity contribution is 5.71. The zero-order chi connectivity index (χ0) is 44.4. The molecule has 6 nitrogen and oxygen atoms in total. The van der Waals surface area contributed by atoms with Crippen LogP contribution in [0, 0.1) is 0 Å². The molecule has 0 bridgehead atoms. The highest BCUT2D eigenvalue weighted by Gasteiger charge is 2.19. The fourth-order valence-electron chi connectivity index (χ4n) is 6.01. The number of hydrogen-bond acceptors (Lipinski definition) is 6. The van der Waals surface area contributed by atoms with E-state index in [4.69, 9.17) is 14.2 Å². The molecule has 0 saturated heterocycles. The Morgan fingerprint density at radius 3 is 1.13 bits per heavy atom. The van der Waals surface area contributed by atoms with E-state index in [1.54, 1.807) is 0 Å². The van der Waals surface area contributed by atoms with Gasteiger partial charge in [-0.15, -0.1) is 0 Å². The topological polar surface area (TPSA) is 78.9 Å². The molecule has 0 heterocycles. The normalized spacial score (nSPS) is 13.2. The molecule has 0 aromatic carbocycles. The van der Waals surface area contributed by atoms with Crippen molar-refractivity contribution in [2.45, 2.75) is 194 Å². The van der Waals surface area contributed by atoms with Crippen molar-refractivity contribution in [3.05, 3.63) is 122 Å². The predicted molar refractivity (Wildman–Crippen MR) is 260 cm³/mol. The first-order chi connectivity index (χ1) is 30.0. The second-order valence-corrected chi connectivity index (χ2v) is 15.3. The molecule has 0 fully saturated rings. The number of rotatable bonds is 41. The van der Waals surface area contributed by atoms with Gasteiger partial charge in [0.15, 0.2) is 6.10 Å². The molecule has 0 aliphatic rings. The van der Waals surface area contributed by atoms with E-state index in [9.17, 15) is 14.4 Å². The van der Waals surface area contributed by atoms with E-state index in [0.29, 0.717) is 19.3 Å². The summed E-state index contributed by atoms with van der Waals surface area (Å²) in [5.74, 6) is -1.00. The first-order valence-electron chi connectivity index (χ1n) is 24.1. The molecule has 0 spiro atoms. The fraction of sp³-hybridized carbons (Fsp3) is 0.582. The SMILES string of the molecule is CC/C=C/C=C/C=C/C=C/CCCCCC(=O)OCC(COC(=O)CCCCC/C=C/C/C=C/C/C=C/C/C=C/CC)OC(=O)CCCCCCCCC/C=C/C/C=C/CC. The van der Waals surface area contributed by atoms with Crippen LogP contribution in [-0.2, 0) is 28.6 Å². The smallest absolute Gasteiger partial charge is 0.306 e. The van der Waals surface area contributed by atoms with E-state index >= 15 is 0 Å². The molecular formula is C55H86O6. The summed E-state index contributed by atoms with van der Waals surface area (Å²) in [6.07, 6.45) is 66.1. The first kappa shape index (κ1) is 56.8. The van der Waals surface area contributed by atoms with Gasteiger partial charge in [0, 0.05) is 19.3 Å². The second-order valence-electron chi connectivity index (χ2n) is 15.3. The van der Waals surface area contributed by atoms with Crippen molar-refractivity contribution in [3.63, 3.8) is 0 Å². The van der Waals surface area contributed by atoms with Gasteiger partial charge in [0.25, 0.3) is 0 Å². The van der Waals surface area contributed by atoms with Crippen LogP contribution in [0.15, 0.2) is 122 Å². The maximum absolute atomic E-state index is 12.8. The lowest BCUT2D eigenvalue weighted by molar-refractivity contribution is -0.167. The first-order valence-corrected chi connectivity index (χ1v) is 24.1. The van der Waals surface area contributed by atoms with Crippen molar-refractivity contribution in [2.24, 2.45) is 0 Å². The van der Waals surface area contributed by atoms with Crippen LogP contribution < -0.4 is 0 Å². The minimum atomic E-state index is -0.814. The molecule has 6 heteroatoms. The van der Waals surface area contributed by atoms with E-state index in [1.807, 2.05) is 36.5 Å². The lowest BCUT2D eigenvalue weighted by Gasteiger charge is -2.18. The minimum absolute atomic E-state index is 0.115. The Bertz CT molecular complexity index is 1340. The van der Waals surface area contributed by atoms with Crippen molar-refractivity contribution in [1.29, 1.82) is 0 Å². The van der Waals surface area contributed by atoms with Gasteiger partial charge in [-0.1, -0.05) is 187 Å². The van der Waals surface area contributed by atoms with Crippen LogP contribution in [0.2, 0.25) is 0 Å². The average molecular weight is 843 g/mol. The Hall–Kier alpha value is -4.19. The number of carbonyl (C=O) groups is 3. The molecule has 0 aliphatic carbocycles. The Morgan fingerprint density at radius 1 is 0.344 bits per heavy atom. The molecule has 0 amide bonds. The number of ether oxygens (including phenoxy) is 3. The molecule has 0 radical (unpaired) electrons. The highest BCUT2D eigenvalue weighted by atomic mass is 16.6. The summed E-state index contributed by atoms with van der Waals surface area (Å²) in [5, 5.41) is 0. The van der Waals surface area contributed by atoms with E-state index in [-0.39, 0.29) is 31.1 Å². The summed E-state index contributed by atoms with van der Waals surface area (Å²) in [6, 6.07) is 0. The molecule has 1 unspecified atom stereocenters. The lowest BCUT2D eigenvalue weighted by atomic mass is 10.1. The van der Waals surface area contributed by atoms with Gasteiger partial charge in [-0.3, -0.25) is 14.4 Å². The van der Waals surface area contributed by atoms with Gasteiger partial charge in [-0.2, -0.15) is 0 Å². The molecule has 0 aromatic rings. The minimum Gasteiger partial charge on any atom is -0.462 e. The van der Waals surface area contributed by atoms with Crippen molar-refractivity contribution in [2.75, 3.05) is 13.2 Å². The summed E-state index contributed by atoms with van der Waals surface area (Å²) < 4.78 is 16.7. The molecule has 61 heavy (non-hydrogen) atoms. The largest absolute Gasteiger partial charge is 0.462 e. The summed E-state index contributed by atoms with van der Waals surface area (Å²) >= 11 is 0. The number of unbranched alkanes of at least 4 members (excludes halogenated alkanes) is 13. The molecule has 1 atom stereocenters. The zero-order valence-corrected chi connectivity index (χ0v) is 38.9. The summed E-state index contributed by atoms with van der Waals surface area (Å²) in [4.78, 5) is 37.9. The fourth-order valence-corrected chi connectivity index (χ4v) is 6.01. The summed E-state index contributed by atoms with van der Waals surface area (Å²) in [5.41, 5.74) is 0. The standard InChI is InChI=1S/C55H86O6/c1-4-7-10-13-16-19-22-25-27-28-31-33-36-39-42-45-48-54(57)60-51-52(50-59-53(56)47-44-41-38-35-32-29-24-21-18-15-12-9-6-3)61-55(58)49-46-43-40-37-34-30-26-23-20-17-14-11-8-5-2/h7-12,15-21,24-25,27,29,31-33,52H,4-6,13-14,22-23,26,28,30,34-51H2,1-3H3/b10-7+,11-8+,12-9+,18-15+,19-16+,20-17+,24-21+,27-25+,32-29+,33-31+. The Balaban J connectivity index is 4.54. The Labute approximate surface area is 373 Å². The maximum atomic E-state index is 12.8. The number of hydrogen-bond donors (Lipinski definition) is 0. The van der Waals surface area contributed by atoms with Crippen LogP contribution >= 0.6 is 0 Å². The van der Waals surface area contributed by atoms with Gasteiger partial charge in [-0.25, -0.2) is 0 Å². The van der Waals surface area contributed by atoms with Gasteiger partial charge in [0.1, 0.15) is 13.2 Å². The van der Waals surface area contributed by atoms with Crippen LogP contribution in [-0.4, -0.2) is 37.2 Å². The molecule has 342 valence electrons. The van der Waals surface area contributed by atoms with Crippen molar-refractivity contribution < 1.29 is 28.6 Å². The number of esters is 3. The van der Waals surface area contributed by atoms with Crippen molar-refractivity contribution >= 4 is 17.9 Å². The van der Waals surface area contributed by atoms with Gasteiger partial charge in [0.05, 0.1) is 0 Å². The van der Waals surface area contributed by atoms with Crippen molar-refractivity contribution in [3.8, 4) is 0 Å². The zero-order valence-electron chi connectivity index (χ0n) is 38.9. The van der Waals surface area contributed by atoms with Crippen LogP contribution in [0.1, 0.15) is 188 Å². The van der Waals surface area contributed by atoms with Gasteiger partial charge in [0.2, 0.25) is 0 Å². The monoisotopic (exact) mass is 843 g/mol. The third-order valence-electron chi connectivity index (χ3n) is 9.54. The number of carbonyl (C=O) groups excluding carboxylic acids is 3. The predicted octanol–water partition coefficient (Wildman–Crippen LogP) is 15.7. The molecular weight excluding hydrogens is 757 g/mol. The van der Waals surface area contributed by atoms with E-state index in [1.165, 1.54) is 25.7 Å². The van der Waals surface area contributed by atoms with Crippen molar-refractivity contribution in [1.82, 2.24) is 0 Å². The molecule has 0 N–H and O–H groups in total. The number of allylic oxidation sites excluding steroid dienone is 20. The third-order valence-corrected chi connectivity index (χ3v) is 9.54. The quantitative estimate of drug-likeness (QED) is 0.0201. The third kappa shape index (κ3) is 46.7. The van der Waals surface area contributed by atoms with Gasteiger partial charge >= 0.3 is 17.9 Å². The van der Waals surface area contributed by atoms with Crippen LogP contribution in [0.5, 0.6) is 0 Å². The maximum Gasteiger partial charge on any atom is 0.306 e. The Morgan fingerprint density at radius 2 is 0.672 bits per heavy atom. The van der Waals surface area contributed by atoms with Gasteiger partial charge < -0.3 is 14.2 Å². The lowest BCUT2D eigenvalue weighted by Crippen LogP contribution is -2.30. The molecule has 0 aromatic heterocycles. The summed E-state index contributed by atoms with van der Waals surface area (Å²) in [6.45, 7) is 6.18. The van der Waals surface area contributed by atoms with Crippen LogP contribution in [0.3, 0.4) is 0 Å². The van der Waals surface area contributed by atoms with E-state index in [2.05, 4.69) is 106 Å². The molecule has 0 rings (SSSR count). The summed E-state index contributed by atoms with van der Waals surface area (Å²) in [7, 11) is 0. The molecule has 0 aliphatic heterocycles. The van der Waals surface area contributed by atoms with Crippen LogP contribution in [0.25, 0.3) is 0 Å². The average Bonchev–Trinajstić information content (AvgIpc) is 3.26. The van der Waals surface area contributed by atoms with E-state index in [0.717, 1.165) is 122 Å².